The van der Waals surface area contributed by atoms with Gasteiger partial charge in [-0.15, -0.1) is 0 Å². The van der Waals surface area contributed by atoms with Gasteiger partial charge in [-0.2, -0.15) is 9.78 Å². The quantitative estimate of drug-likeness (QED) is 0.568. The summed E-state index contributed by atoms with van der Waals surface area (Å²) in [6.07, 6.45) is -0.548. The fourth-order valence-corrected chi connectivity index (χ4v) is 2.70. The molecule has 8 heteroatoms. The zero-order valence-electron chi connectivity index (χ0n) is 11.7. The number of aromatic nitrogens is 4. The van der Waals surface area contributed by atoms with Gasteiger partial charge in [0.25, 0.3) is 0 Å². The van der Waals surface area contributed by atoms with Gasteiger partial charge in [0.2, 0.25) is 0 Å². The average Bonchev–Trinajstić information content (AvgIpc) is 2.84. The lowest BCUT2D eigenvalue weighted by Gasteiger charge is -2.19. The van der Waals surface area contributed by atoms with Gasteiger partial charge >= 0.3 is 11.8 Å². The largest absolute Gasteiger partial charge is 0.442 e. The van der Waals surface area contributed by atoms with Crippen LogP contribution < -0.4 is 5.69 Å². The van der Waals surface area contributed by atoms with Gasteiger partial charge < -0.3 is 14.7 Å². The lowest BCUT2D eigenvalue weighted by molar-refractivity contribution is 0.0522. The molecule has 1 aromatic carbocycles. The summed E-state index contributed by atoms with van der Waals surface area (Å²) in [5, 5.41) is 5.00. The van der Waals surface area contributed by atoms with Crippen LogP contribution in [-0.4, -0.2) is 31.4 Å². The molecule has 0 amide bonds. The number of ether oxygens (including phenoxy) is 1. The summed E-state index contributed by atoms with van der Waals surface area (Å²) in [5.74, 6) is 0. The number of aromatic amines is 2. The van der Waals surface area contributed by atoms with Crippen molar-refractivity contribution in [1.82, 2.24) is 19.7 Å². The Morgan fingerprint density at radius 2 is 1.90 bits per heavy atom. The normalized spacial score (nSPS) is 12.2. The van der Waals surface area contributed by atoms with Crippen molar-refractivity contribution in [3.8, 4) is 0 Å². The summed E-state index contributed by atoms with van der Waals surface area (Å²) in [6.45, 7) is 5.39. The first-order valence-electron chi connectivity index (χ1n) is 6.28. The number of fused-ring (bicyclic) bond motifs is 2. The zero-order chi connectivity index (χ0) is 15.4. The maximum absolute atomic E-state index is 12.2. The molecule has 3 rings (SSSR count). The van der Waals surface area contributed by atoms with Crippen LogP contribution in [0.4, 0.5) is 4.79 Å². The van der Waals surface area contributed by atoms with Crippen molar-refractivity contribution >= 4 is 50.6 Å². The summed E-state index contributed by atoms with van der Waals surface area (Å²) in [7, 11) is 0. The van der Waals surface area contributed by atoms with Gasteiger partial charge in [0.05, 0.1) is 16.6 Å². The number of hydrogen-bond donors (Lipinski definition) is 2. The van der Waals surface area contributed by atoms with Crippen molar-refractivity contribution in [2.75, 3.05) is 0 Å². The highest BCUT2D eigenvalue weighted by Crippen LogP contribution is 2.25. The van der Waals surface area contributed by atoms with E-state index in [0.29, 0.717) is 20.3 Å². The highest BCUT2D eigenvalue weighted by Gasteiger charge is 2.22. The summed E-state index contributed by atoms with van der Waals surface area (Å²) in [6, 6.07) is 3.50. The standard InChI is InChI=1S/C13H13IN4O3/c1-13(2,3)21-12(20)18-9-5-8-7(15-11(19)16-8)4-6(9)10(14)17-18/h4-5H,1-3H3,(H2,15,16,19). The number of halogens is 1. The third-order valence-electron chi connectivity index (χ3n) is 2.84. The van der Waals surface area contributed by atoms with E-state index >= 15 is 0 Å². The lowest BCUT2D eigenvalue weighted by Crippen LogP contribution is -2.27. The number of carbonyl (C=O) groups excluding carboxylic acids is 1. The molecule has 0 bridgehead atoms. The molecular weight excluding hydrogens is 387 g/mol. The Labute approximate surface area is 132 Å². The van der Waals surface area contributed by atoms with Gasteiger partial charge in [0.1, 0.15) is 9.30 Å². The van der Waals surface area contributed by atoms with Crippen LogP contribution in [0.1, 0.15) is 20.8 Å². The number of carbonyl (C=O) groups is 1. The number of benzene rings is 1. The molecule has 0 aliphatic heterocycles. The van der Waals surface area contributed by atoms with Crippen molar-refractivity contribution in [2.45, 2.75) is 26.4 Å². The van der Waals surface area contributed by atoms with E-state index in [0.717, 1.165) is 5.39 Å². The predicted octanol–water partition coefficient (Wildman–Crippen LogP) is 2.59. The molecular formula is C13H13IN4O3. The minimum atomic E-state index is -0.604. The predicted molar refractivity (Wildman–Crippen MR) is 86.6 cm³/mol. The van der Waals surface area contributed by atoms with Gasteiger partial charge in [-0.05, 0) is 55.5 Å². The van der Waals surface area contributed by atoms with Crippen molar-refractivity contribution < 1.29 is 9.53 Å². The van der Waals surface area contributed by atoms with Crippen LogP contribution in [0.5, 0.6) is 0 Å². The molecule has 0 unspecified atom stereocenters. The Kier molecular flexibility index (Phi) is 3.08. The number of hydrogen-bond acceptors (Lipinski definition) is 4. The van der Waals surface area contributed by atoms with Crippen molar-refractivity contribution in [1.29, 1.82) is 0 Å². The van der Waals surface area contributed by atoms with E-state index in [-0.39, 0.29) is 5.69 Å². The molecule has 0 radical (unpaired) electrons. The molecule has 0 aliphatic rings. The Morgan fingerprint density at radius 3 is 2.52 bits per heavy atom. The SMILES string of the molecule is CC(C)(C)OC(=O)n1nc(I)c2cc3[nH]c(=O)[nH]c3cc21. The number of nitrogens with zero attached hydrogens (tertiary/aromatic N) is 2. The molecule has 0 fully saturated rings. The fourth-order valence-electron chi connectivity index (χ4n) is 2.05. The van der Waals surface area contributed by atoms with Gasteiger partial charge in [-0.3, -0.25) is 0 Å². The molecule has 0 atom stereocenters. The third kappa shape index (κ3) is 2.55. The highest BCUT2D eigenvalue weighted by molar-refractivity contribution is 14.1. The van der Waals surface area contributed by atoms with Crippen LogP contribution in [-0.2, 0) is 4.74 Å². The summed E-state index contributed by atoms with van der Waals surface area (Å²) in [4.78, 5) is 28.9. The van der Waals surface area contributed by atoms with Crippen LogP contribution in [0.2, 0.25) is 0 Å². The van der Waals surface area contributed by atoms with Crippen molar-refractivity contribution in [3.05, 3.63) is 26.3 Å². The molecule has 2 N–H and O–H groups in total. The molecule has 110 valence electrons. The summed E-state index contributed by atoms with van der Waals surface area (Å²) >= 11 is 2.05. The maximum atomic E-state index is 12.2. The monoisotopic (exact) mass is 400 g/mol. The van der Waals surface area contributed by atoms with Crippen LogP contribution in [0.25, 0.3) is 21.9 Å². The van der Waals surface area contributed by atoms with E-state index in [2.05, 4.69) is 15.1 Å². The molecule has 3 aromatic rings. The smallest absolute Gasteiger partial charge is 0.435 e. The molecule has 0 spiro atoms. The first kappa shape index (κ1) is 14.1. The van der Waals surface area contributed by atoms with E-state index in [4.69, 9.17) is 4.74 Å². The second kappa shape index (κ2) is 4.58. The molecule has 21 heavy (non-hydrogen) atoms. The second-order valence-electron chi connectivity index (χ2n) is 5.68. The minimum Gasteiger partial charge on any atom is -0.442 e. The van der Waals surface area contributed by atoms with E-state index in [1.165, 1.54) is 4.68 Å². The first-order valence-corrected chi connectivity index (χ1v) is 7.36. The number of rotatable bonds is 0. The Balaban J connectivity index is 2.21. The van der Waals surface area contributed by atoms with Crippen LogP contribution in [0.15, 0.2) is 16.9 Å². The van der Waals surface area contributed by atoms with E-state index in [1.807, 2.05) is 22.6 Å². The molecule has 0 saturated heterocycles. The topological polar surface area (TPSA) is 92.8 Å². The highest BCUT2D eigenvalue weighted by atomic mass is 127. The summed E-state index contributed by atoms with van der Waals surface area (Å²) < 4.78 is 7.22. The Morgan fingerprint density at radius 1 is 1.29 bits per heavy atom. The number of H-pyrrole nitrogens is 2. The minimum absolute atomic E-state index is 0.288. The zero-order valence-corrected chi connectivity index (χ0v) is 13.8. The van der Waals surface area contributed by atoms with Crippen LogP contribution in [0.3, 0.4) is 0 Å². The van der Waals surface area contributed by atoms with Gasteiger partial charge in [0, 0.05) is 5.39 Å². The van der Waals surface area contributed by atoms with E-state index in [9.17, 15) is 9.59 Å². The molecule has 0 aliphatic carbocycles. The van der Waals surface area contributed by atoms with Gasteiger partial charge in [0.15, 0.2) is 0 Å². The number of imidazole rings is 1. The molecule has 2 heterocycles. The van der Waals surface area contributed by atoms with Crippen molar-refractivity contribution in [3.63, 3.8) is 0 Å². The van der Waals surface area contributed by atoms with Crippen LogP contribution >= 0.6 is 22.6 Å². The van der Waals surface area contributed by atoms with E-state index in [1.54, 1.807) is 32.9 Å². The molecule has 0 saturated carbocycles. The average molecular weight is 400 g/mol. The van der Waals surface area contributed by atoms with Gasteiger partial charge in [-0.1, -0.05) is 0 Å². The fraction of sp³-hybridized carbons (Fsp3) is 0.308. The molecule has 2 aromatic heterocycles. The maximum Gasteiger partial charge on any atom is 0.435 e. The van der Waals surface area contributed by atoms with Gasteiger partial charge in [-0.25, -0.2) is 9.59 Å². The van der Waals surface area contributed by atoms with Crippen LogP contribution in [0, 0.1) is 3.70 Å². The Hall–Kier alpha value is -1.84. The van der Waals surface area contributed by atoms with E-state index < -0.39 is 11.7 Å². The number of nitrogens with one attached hydrogen (secondary N) is 2. The third-order valence-corrected chi connectivity index (χ3v) is 3.63. The second-order valence-corrected chi connectivity index (χ2v) is 6.70. The summed E-state index contributed by atoms with van der Waals surface area (Å²) in [5.41, 5.74) is 0.997. The lowest BCUT2D eigenvalue weighted by atomic mass is 10.2. The Bertz CT molecular complexity index is 913. The molecule has 7 nitrogen and oxygen atoms in total. The first-order chi connectivity index (χ1) is 9.74. The van der Waals surface area contributed by atoms with Crippen molar-refractivity contribution in [2.24, 2.45) is 0 Å².